The molecule has 0 radical (unpaired) electrons. The zero-order valence-corrected chi connectivity index (χ0v) is 13.6. The van der Waals surface area contributed by atoms with Crippen LogP contribution in [0.4, 0.5) is 10.7 Å². The number of hydrogen-bond acceptors (Lipinski definition) is 3. The summed E-state index contributed by atoms with van der Waals surface area (Å²) in [5.41, 5.74) is 0. The van der Waals surface area contributed by atoms with E-state index in [1.807, 2.05) is 0 Å². The summed E-state index contributed by atoms with van der Waals surface area (Å²) in [6.45, 7) is 0.668. The topological polar surface area (TPSA) is 107 Å². The van der Waals surface area contributed by atoms with Crippen molar-refractivity contribution in [2.24, 2.45) is 0 Å². The lowest BCUT2D eigenvalue weighted by Gasteiger charge is -2.05. The average Bonchev–Trinajstić information content (AvgIpc) is 3.01. The van der Waals surface area contributed by atoms with Crippen LogP contribution in [0.1, 0.15) is 64.2 Å². The minimum absolute atomic E-state index is 0.235. The van der Waals surface area contributed by atoms with Crippen molar-refractivity contribution in [3.05, 3.63) is 12.4 Å². The van der Waals surface area contributed by atoms with Gasteiger partial charge in [-0.05, 0) is 12.8 Å². The number of aromatic amines is 1. The number of urea groups is 1. The molecular weight excluding hydrogens is 296 g/mol. The van der Waals surface area contributed by atoms with E-state index in [4.69, 9.17) is 5.11 Å². The van der Waals surface area contributed by atoms with Crippen LogP contribution < -0.4 is 10.6 Å². The van der Waals surface area contributed by atoms with E-state index in [1.54, 1.807) is 12.4 Å². The fraction of sp³-hybridized carbons (Fsp3) is 0.688. The summed E-state index contributed by atoms with van der Waals surface area (Å²) in [6.07, 6.45) is 13.3. The fourth-order valence-corrected chi connectivity index (χ4v) is 2.33. The Morgan fingerprint density at radius 1 is 1.00 bits per heavy atom. The Hall–Kier alpha value is -2.05. The molecule has 0 atom stereocenters. The predicted octanol–water partition coefficient (Wildman–Crippen LogP) is 3.52. The third kappa shape index (κ3) is 11.2. The van der Waals surface area contributed by atoms with Crippen molar-refractivity contribution in [3.63, 3.8) is 0 Å². The van der Waals surface area contributed by atoms with Crippen molar-refractivity contribution in [2.45, 2.75) is 64.2 Å². The number of nitrogens with zero attached hydrogens (tertiary/aromatic N) is 1. The summed E-state index contributed by atoms with van der Waals surface area (Å²) in [7, 11) is 0. The van der Waals surface area contributed by atoms with Gasteiger partial charge in [0.25, 0.3) is 0 Å². The summed E-state index contributed by atoms with van der Waals surface area (Å²) in [5, 5.41) is 13.9. The molecule has 1 heterocycles. The summed E-state index contributed by atoms with van der Waals surface area (Å²) >= 11 is 0. The van der Waals surface area contributed by atoms with Gasteiger partial charge in [0.15, 0.2) is 0 Å². The molecule has 0 aliphatic heterocycles. The maximum atomic E-state index is 11.5. The van der Waals surface area contributed by atoms with Gasteiger partial charge in [-0.15, -0.1) is 0 Å². The van der Waals surface area contributed by atoms with Gasteiger partial charge in [-0.25, -0.2) is 9.78 Å². The average molecular weight is 324 g/mol. The normalized spacial score (nSPS) is 10.4. The molecule has 0 saturated carbocycles. The molecule has 1 aromatic rings. The van der Waals surface area contributed by atoms with Gasteiger partial charge in [-0.1, -0.05) is 44.9 Å². The molecule has 0 spiro atoms. The Morgan fingerprint density at radius 3 is 2.17 bits per heavy atom. The van der Waals surface area contributed by atoms with E-state index in [1.165, 1.54) is 25.7 Å². The first kappa shape index (κ1) is 19.0. The quantitative estimate of drug-likeness (QED) is 0.416. The van der Waals surface area contributed by atoms with Gasteiger partial charge in [0, 0.05) is 25.4 Å². The van der Waals surface area contributed by atoms with E-state index in [9.17, 15) is 9.59 Å². The van der Waals surface area contributed by atoms with Crippen LogP contribution in [0.3, 0.4) is 0 Å². The van der Waals surface area contributed by atoms with Crippen LogP contribution in [0.25, 0.3) is 0 Å². The van der Waals surface area contributed by atoms with Gasteiger partial charge in [-0.3, -0.25) is 10.1 Å². The SMILES string of the molecule is O=C(O)CCCCCCCCCCCNC(=O)Nc1ncc[nH]1. The third-order valence-electron chi connectivity index (χ3n) is 3.58. The molecule has 0 fully saturated rings. The molecule has 0 bridgehead atoms. The lowest BCUT2D eigenvalue weighted by Crippen LogP contribution is -2.29. The number of H-pyrrole nitrogens is 1. The van der Waals surface area contributed by atoms with Gasteiger partial charge >= 0.3 is 12.0 Å². The molecule has 0 aromatic carbocycles. The molecule has 4 N–H and O–H groups in total. The zero-order valence-electron chi connectivity index (χ0n) is 13.6. The first-order valence-corrected chi connectivity index (χ1v) is 8.44. The number of carboxylic acids is 1. The lowest BCUT2D eigenvalue weighted by molar-refractivity contribution is -0.137. The van der Waals surface area contributed by atoms with Crippen molar-refractivity contribution in [2.75, 3.05) is 11.9 Å². The molecule has 7 nitrogen and oxygen atoms in total. The van der Waals surface area contributed by atoms with Crippen molar-refractivity contribution in [3.8, 4) is 0 Å². The molecule has 0 saturated heterocycles. The molecule has 0 aliphatic carbocycles. The Labute approximate surface area is 137 Å². The maximum absolute atomic E-state index is 11.5. The monoisotopic (exact) mass is 324 g/mol. The van der Waals surface area contributed by atoms with E-state index in [2.05, 4.69) is 20.6 Å². The van der Waals surface area contributed by atoms with Crippen LogP contribution in [-0.4, -0.2) is 33.6 Å². The Bertz CT molecular complexity index is 435. The molecule has 23 heavy (non-hydrogen) atoms. The number of aliphatic carboxylic acids is 1. The van der Waals surface area contributed by atoms with Crippen molar-refractivity contribution in [1.82, 2.24) is 15.3 Å². The number of anilines is 1. The largest absolute Gasteiger partial charge is 0.481 e. The Kier molecular flexibility index (Phi) is 10.3. The van der Waals surface area contributed by atoms with Gasteiger partial charge in [-0.2, -0.15) is 0 Å². The molecule has 1 aromatic heterocycles. The first-order valence-electron chi connectivity index (χ1n) is 8.44. The number of unbranched alkanes of at least 4 members (excludes halogenated alkanes) is 8. The number of carbonyl (C=O) groups excluding carboxylic acids is 1. The maximum Gasteiger partial charge on any atom is 0.321 e. The highest BCUT2D eigenvalue weighted by Crippen LogP contribution is 2.10. The number of carboxylic acid groups (broad SMARTS) is 1. The van der Waals surface area contributed by atoms with Crippen molar-refractivity contribution in [1.29, 1.82) is 0 Å². The lowest BCUT2D eigenvalue weighted by atomic mass is 10.1. The van der Waals surface area contributed by atoms with Crippen LogP contribution >= 0.6 is 0 Å². The van der Waals surface area contributed by atoms with Crippen molar-refractivity contribution < 1.29 is 14.7 Å². The second kappa shape index (κ2) is 12.5. The summed E-state index contributed by atoms with van der Waals surface area (Å²) < 4.78 is 0. The molecule has 0 unspecified atom stereocenters. The van der Waals surface area contributed by atoms with E-state index in [0.29, 0.717) is 18.9 Å². The predicted molar refractivity (Wildman–Crippen MR) is 89.4 cm³/mol. The number of hydrogen-bond donors (Lipinski definition) is 4. The Morgan fingerprint density at radius 2 is 1.61 bits per heavy atom. The number of carbonyl (C=O) groups is 2. The van der Waals surface area contributed by atoms with E-state index >= 15 is 0 Å². The number of imidazole rings is 1. The molecular formula is C16H28N4O3. The minimum atomic E-state index is -0.698. The highest BCUT2D eigenvalue weighted by Gasteiger charge is 2.01. The standard InChI is InChI=1S/C16H28N4O3/c21-14(22)10-8-6-4-2-1-3-5-7-9-11-19-16(23)20-15-17-12-13-18-15/h12-13H,1-11H2,(H,21,22)(H3,17,18,19,20,23). The second-order valence-electron chi connectivity index (χ2n) is 5.64. The number of amides is 2. The minimum Gasteiger partial charge on any atom is -0.481 e. The summed E-state index contributed by atoms with van der Waals surface area (Å²) in [4.78, 5) is 28.6. The number of aromatic nitrogens is 2. The van der Waals surface area contributed by atoms with Gasteiger partial charge < -0.3 is 15.4 Å². The summed E-state index contributed by atoms with van der Waals surface area (Å²) in [6, 6.07) is -0.235. The van der Waals surface area contributed by atoms with Crippen molar-refractivity contribution >= 4 is 17.9 Å². The highest BCUT2D eigenvalue weighted by atomic mass is 16.4. The fourth-order valence-electron chi connectivity index (χ4n) is 2.33. The van der Waals surface area contributed by atoms with Crippen LogP contribution in [0.15, 0.2) is 12.4 Å². The highest BCUT2D eigenvalue weighted by molar-refractivity contribution is 5.87. The van der Waals surface area contributed by atoms with E-state index in [0.717, 1.165) is 32.1 Å². The van der Waals surface area contributed by atoms with Gasteiger partial charge in [0.1, 0.15) is 0 Å². The van der Waals surface area contributed by atoms with Crippen LogP contribution in [0, 0.1) is 0 Å². The Balaban J connectivity index is 1.79. The van der Waals surface area contributed by atoms with Crippen LogP contribution in [0.2, 0.25) is 0 Å². The summed E-state index contributed by atoms with van der Waals surface area (Å²) in [5.74, 6) is -0.248. The van der Waals surface area contributed by atoms with Crippen LogP contribution in [0.5, 0.6) is 0 Å². The molecule has 2 amide bonds. The van der Waals surface area contributed by atoms with Gasteiger partial charge in [0.05, 0.1) is 0 Å². The molecule has 7 heteroatoms. The van der Waals surface area contributed by atoms with E-state index < -0.39 is 5.97 Å². The smallest absolute Gasteiger partial charge is 0.321 e. The number of rotatable bonds is 13. The third-order valence-corrected chi connectivity index (χ3v) is 3.58. The molecule has 1 rings (SSSR count). The van der Waals surface area contributed by atoms with Gasteiger partial charge in [0.2, 0.25) is 5.95 Å². The first-order chi connectivity index (χ1) is 11.2. The second-order valence-corrected chi connectivity index (χ2v) is 5.64. The zero-order chi connectivity index (χ0) is 16.8. The van der Waals surface area contributed by atoms with E-state index in [-0.39, 0.29) is 6.03 Å². The number of nitrogens with one attached hydrogen (secondary N) is 3. The molecule has 130 valence electrons. The molecule has 0 aliphatic rings. The van der Waals surface area contributed by atoms with Crippen LogP contribution in [-0.2, 0) is 4.79 Å².